The molecule has 0 saturated carbocycles. The molecule has 0 aliphatic carbocycles. The molecular formula is C31H42FN7O5. The van der Waals surface area contributed by atoms with Crippen LogP contribution in [0.25, 0.3) is 11.0 Å². The number of hydrogen-bond acceptors (Lipinski definition) is 7. The Kier molecular flexibility index (Phi) is 11.8. The van der Waals surface area contributed by atoms with Crippen LogP contribution in [0.5, 0.6) is 0 Å². The van der Waals surface area contributed by atoms with Crippen LogP contribution < -0.4 is 10.9 Å². The maximum Gasteiger partial charge on any atom is 0.410 e. The summed E-state index contributed by atoms with van der Waals surface area (Å²) in [5.74, 6) is -0.800. The third-order valence-corrected chi connectivity index (χ3v) is 6.74. The van der Waals surface area contributed by atoms with Crippen LogP contribution in [0.4, 0.5) is 14.9 Å². The molecule has 1 atom stereocenters. The molecule has 3 amide bonds. The average molecular weight is 612 g/mol. The smallest absolute Gasteiger partial charge is 0.410 e. The Balaban J connectivity index is 1.91. The zero-order valence-corrected chi connectivity index (χ0v) is 26.4. The molecule has 0 aliphatic rings. The second-order valence-corrected chi connectivity index (χ2v) is 11.4. The minimum absolute atomic E-state index is 0.0106. The van der Waals surface area contributed by atoms with Gasteiger partial charge in [0.05, 0.1) is 24.0 Å². The van der Waals surface area contributed by atoms with E-state index in [1.165, 1.54) is 40.6 Å². The molecule has 44 heavy (non-hydrogen) atoms. The second kappa shape index (κ2) is 15.3. The van der Waals surface area contributed by atoms with Crippen LogP contribution in [-0.4, -0.2) is 81.5 Å². The zero-order valence-electron chi connectivity index (χ0n) is 26.4. The van der Waals surface area contributed by atoms with Crippen molar-refractivity contribution in [3.05, 3.63) is 63.9 Å². The Morgan fingerprint density at radius 3 is 2.52 bits per heavy atom. The predicted octanol–water partition coefficient (Wildman–Crippen LogP) is 3.89. The molecule has 0 spiro atoms. The van der Waals surface area contributed by atoms with Crippen molar-refractivity contribution < 1.29 is 23.5 Å². The first-order valence-corrected chi connectivity index (χ1v) is 14.6. The van der Waals surface area contributed by atoms with Gasteiger partial charge in [-0.25, -0.2) is 14.2 Å². The van der Waals surface area contributed by atoms with Crippen molar-refractivity contribution in [2.75, 3.05) is 33.5 Å². The monoisotopic (exact) mass is 611 g/mol. The van der Waals surface area contributed by atoms with Crippen LogP contribution in [0.15, 0.2) is 35.3 Å². The van der Waals surface area contributed by atoms with E-state index in [1.54, 1.807) is 26.2 Å². The lowest BCUT2D eigenvalue weighted by Crippen LogP contribution is -2.38. The Morgan fingerprint density at radius 1 is 1.16 bits per heavy atom. The molecule has 3 heterocycles. The number of H-pyrrole nitrogens is 1. The van der Waals surface area contributed by atoms with Crippen molar-refractivity contribution in [3.63, 3.8) is 0 Å². The number of nitrogens with one attached hydrogen (secondary N) is 2. The molecule has 0 bridgehead atoms. The van der Waals surface area contributed by atoms with Crippen molar-refractivity contribution in [2.24, 2.45) is 5.92 Å². The predicted molar refractivity (Wildman–Crippen MR) is 166 cm³/mol. The number of aromatic amines is 1. The first kappa shape index (κ1) is 33.9. The lowest BCUT2D eigenvalue weighted by atomic mass is 10.1. The largest absolute Gasteiger partial charge is 0.436 e. The lowest BCUT2D eigenvalue weighted by Gasteiger charge is -2.20. The Morgan fingerprint density at radius 2 is 1.89 bits per heavy atom. The molecular weight excluding hydrogens is 569 g/mol. The van der Waals surface area contributed by atoms with E-state index in [4.69, 9.17) is 4.74 Å². The van der Waals surface area contributed by atoms with E-state index in [-0.39, 0.29) is 36.5 Å². The number of ether oxygens (including phenoxy) is 1. The van der Waals surface area contributed by atoms with Gasteiger partial charge in [0.15, 0.2) is 11.9 Å². The van der Waals surface area contributed by atoms with Gasteiger partial charge in [-0.15, -0.1) is 0 Å². The maximum absolute atomic E-state index is 14.6. The highest BCUT2D eigenvalue weighted by Gasteiger charge is 2.25. The van der Waals surface area contributed by atoms with Crippen molar-refractivity contribution >= 4 is 34.6 Å². The summed E-state index contributed by atoms with van der Waals surface area (Å²) < 4.78 is 21.5. The zero-order chi connectivity index (χ0) is 32.6. The molecule has 13 heteroatoms. The van der Waals surface area contributed by atoms with Crippen LogP contribution in [0.3, 0.4) is 0 Å². The first-order chi connectivity index (χ1) is 20.8. The summed E-state index contributed by atoms with van der Waals surface area (Å²) in [7, 11) is 6.22. The van der Waals surface area contributed by atoms with Gasteiger partial charge in [-0.1, -0.05) is 33.3 Å². The number of halogens is 1. The number of pyridine rings is 2. The number of rotatable bonds is 13. The van der Waals surface area contributed by atoms with Crippen molar-refractivity contribution in [1.29, 1.82) is 0 Å². The highest BCUT2D eigenvalue weighted by molar-refractivity contribution is 5.95. The Labute approximate surface area is 256 Å². The van der Waals surface area contributed by atoms with E-state index in [9.17, 15) is 23.6 Å². The average Bonchev–Trinajstić information content (AvgIpc) is 3.39. The fourth-order valence-corrected chi connectivity index (χ4v) is 4.45. The fourth-order valence-electron chi connectivity index (χ4n) is 4.45. The van der Waals surface area contributed by atoms with Gasteiger partial charge >= 0.3 is 6.09 Å². The topological polar surface area (TPSA) is 143 Å². The number of carbonyl (C=O) groups excluding carboxylic acids is 3. The van der Waals surface area contributed by atoms with Gasteiger partial charge in [0, 0.05) is 33.9 Å². The number of anilines is 1. The molecule has 0 fully saturated rings. The highest BCUT2D eigenvalue weighted by Crippen LogP contribution is 2.21. The third-order valence-electron chi connectivity index (χ3n) is 6.74. The first-order valence-electron chi connectivity index (χ1n) is 14.6. The summed E-state index contributed by atoms with van der Waals surface area (Å²) >= 11 is 0. The molecule has 0 aliphatic heterocycles. The number of carbonyl (C=O) groups is 3. The van der Waals surface area contributed by atoms with E-state index in [0.29, 0.717) is 41.5 Å². The van der Waals surface area contributed by atoms with E-state index >= 15 is 0 Å². The van der Waals surface area contributed by atoms with Crippen LogP contribution in [-0.2, 0) is 33.7 Å². The molecule has 0 radical (unpaired) electrons. The summed E-state index contributed by atoms with van der Waals surface area (Å²) in [6, 6.07) is 3.26. The van der Waals surface area contributed by atoms with Crippen LogP contribution in [0.1, 0.15) is 57.2 Å². The van der Waals surface area contributed by atoms with Crippen molar-refractivity contribution in [2.45, 2.75) is 65.5 Å². The normalized spacial score (nSPS) is 12.1. The summed E-state index contributed by atoms with van der Waals surface area (Å²) in [5, 5.41) is 2.62. The third kappa shape index (κ3) is 8.74. The molecule has 12 nitrogen and oxygen atoms in total. The number of aromatic nitrogens is 4. The van der Waals surface area contributed by atoms with Gasteiger partial charge in [-0.2, -0.15) is 0 Å². The van der Waals surface area contributed by atoms with Gasteiger partial charge in [0.1, 0.15) is 17.0 Å². The van der Waals surface area contributed by atoms with Crippen molar-refractivity contribution in [3.8, 4) is 0 Å². The Bertz CT molecular complexity index is 1580. The summed E-state index contributed by atoms with van der Waals surface area (Å²) in [4.78, 5) is 65.6. The summed E-state index contributed by atoms with van der Waals surface area (Å²) in [6.45, 7) is 6.07. The number of hydrogen-bond donors (Lipinski definition) is 2. The standard InChI is InChI=1S/C31H42FN7O5/c1-8-11-20-14-15-22(34-29(41)24(44-31(43)38(6)7)12-9-10-13-26(40)37(4)5)30(42)39(20)18-25-35-27-21(32)17-33-23(16-19(2)3)28(27)36-25/h10,13-15,17,19,24H,8-9,11-12,16,18H2,1-7H3,(H,34,41)(H,35,36)/b13-10+/t24-/m0/s1. The Hall–Kier alpha value is -4.55. The molecule has 0 aromatic carbocycles. The molecule has 0 unspecified atom stereocenters. The van der Waals surface area contributed by atoms with Gasteiger partial charge in [-0.3, -0.25) is 19.4 Å². The molecule has 2 N–H and O–H groups in total. The number of allylic oxidation sites excluding steroid dienone is 1. The van der Waals surface area contributed by atoms with Gasteiger partial charge < -0.3 is 29.4 Å². The number of nitrogens with zero attached hydrogens (tertiary/aromatic N) is 5. The van der Waals surface area contributed by atoms with E-state index in [1.807, 2.05) is 20.8 Å². The summed E-state index contributed by atoms with van der Waals surface area (Å²) in [5.41, 5.74) is 1.56. The van der Waals surface area contributed by atoms with Gasteiger partial charge in [0.25, 0.3) is 11.5 Å². The highest BCUT2D eigenvalue weighted by atomic mass is 19.1. The lowest BCUT2D eigenvalue weighted by molar-refractivity contribution is -0.125. The van der Waals surface area contributed by atoms with Gasteiger partial charge in [-0.05, 0) is 49.8 Å². The maximum atomic E-state index is 14.6. The number of imidazole rings is 1. The van der Waals surface area contributed by atoms with Crippen molar-refractivity contribution in [1.82, 2.24) is 29.3 Å². The molecule has 3 aromatic rings. The van der Waals surface area contributed by atoms with Crippen LogP contribution in [0, 0.1) is 11.7 Å². The van der Waals surface area contributed by atoms with Crippen LogP contribution >= 0.6 is 0 Å². The number of aryl methyl sites for hydroxylation is 1. The van der Waals surface area contributed by atoms with E-state index < -0.39 is 29.5 Å². The van der Waals surface area contributed by atoms with E-state index in [2.05, 4.69) is 20.3 Å². The molecule has 0 saturated heterocycles. The SMILES string of the molecule is CCCc1ccc(NC(=O)[C@H](CC/C=C/C(=O)N(C)C)OC(=O)N(C)C)c(=O)n1Cc1nc2c(F)cnc(CC(C)C)c2[nH]1. The molecule has 238 valence electrons. The quantitative estimate of drug-likeness (QED) is 0.279. The molecule has 3 rings (SSSR count). The number of amides is 3. The molecule has 3 aromatic heterocycles. The fraction of sp³-hybridized carbons (Fsp3) is 0.484. The second-order valence-electron chi connectivity index (χ2n) is 11.4. The van der Waals surface area contributed by atoms with Crippen LogP contribution in [0.2, 0.25) is 0 Å². The van der Waals surface area contributed by atoms with Gasteiger partial charge in [0.2, 0.25) is 5.91 Å². The number of fused-ring (bicyclic) bond motifs is 1. The number of likely N-dealkylation sites (N-methyl/N-ethyl adjacent to an activating group) is 1. The van der Waals surface area contributed by atoms with E-state index in [0.717, 1.165) is 12.6 Å². The minimum atomic E-state index is -1.22. The summed E-state index contributed by atoms with van der Waals surface area (Å²) in [6.07, 6.45) is 4.50. The minimum Gasteiger partial charge on any atom is -0.436 e.